The molecule has 0 aliphatic rings. The monoisotopic (exact) mass is 406 g/mol. The van der Waals surface area contributed by atoms with Crippen LogP contribution in [0.25, 0.3) is 6.08 Å². The fraction of sp³-hybridized carbons (Fsp3) is 0.211. The summed E-state index contributed by atoms with van der Waals surface area (Å²) in [5, 5.41) is 11.7. The molecule has 1 aromatic carbocycles. The van der Waals surface area contributed by atoms with Gasteiger partial charge in [-0.15, -0.1) is 0 Å². The molecule has 0 unspecified atom stereocenters. The van der Waals surface area contributed by atoms with Crippen LogP contribution in [0.15, 0.2) is 46.4 Å². The van der Waals surface area contributed by atoms with Gasteiger partial charge in [-0.3, -0.25) is 4.79 Å². The molecule has 6 nitrogen and oxygen atoms in total. The lowest BCUT2D eigenvalue weighted by atomic mass is 10.2. The van der Waals surface area contributed by atoms with Crippen LogP contribution >= 0.6 is 11.8 Å². The summed E-state index contributed by atoms with van der Waals surface area (Å²) in [6.07, 6.45) is 1.22. The fourth-order valence-electron chi connectivity index (χ4n) is 2.09. The van der Waals surface area contributed by atoms with Gasteiger partial charge < -0.3 is 14.5 Å². The predicted molar refractivity (Wildman–Crippen MR) is 101 cm³/mol. The lowest BCUT2D eigenvalue weighted by Gasteiger charge is -2.06. The van der Waals surface area contributed by atoms with E-state index in [0.29, 0.717) is 28.8 Å². The highest BCUT2D eigenvalue weighted by Crippen LogP contribution is 2.22. The zero-order valence-corrected chi connectivity index (χ0v) is 15.6. The molecule has 1 heterocycles. The van der Waals surface area contributed by atoms with Crippen LogP contribution in [-0.2, 0) is 15.3 Å². The molecule has 28 heavy (non-hydrogen) atoms. The molecule has 146 valence electrons. The van der Waals surface area contributed by atoms with E-state index in [1.54, 1.807) is 13.0 Å². The maximum absolute atomic E-state index is 12.3. The number of nitrogens with zero attached hydrogens (tertiary/aromatic N) is 1. The number of nitriles is 1. The number of esters is 1. The van der Waals surface area contributed by atoms with E-state index in [9.17, 15) is 23.6 Å². The summed E-state index contributed by atoms with van der Waals surface area (Å²) in [6.45, 7) is 1.95. The first-order valence-corrected chi connectivity index (χ1v) is 9.16. The Morgan fingerprint density at radius 2 is 2.00 bits per heavy atom. The number of carbonyl (C=O) groups excluding carboxylic acids is 2. The Labute approximate surface area is 164 Å². The van der Waals surface area contributed by atoms with E-state index in [4.69, 9.17) is 9.15 Å². The van der Waals surface area contributed by atoms with Crippen LogP contribution in [0.3, 0.4) is 0 Å². The molecule has 0 bridgehead atoms. The average Bonchev–Trinajstić information content (AvgIpc) is 3.12. The minimum Gasteiger partial charge on any atom is -0.462 e. The summed E-state index contributed by atoms with van der Waals surface area (Å²) in [4.78, 5) is 23.9. The summed E-state index contributed by atoms with van der Waals surface area (Å²) in [6, 6.07) is 10.7. The van der Waals surface area contributed by atoms with E-state index < -0.39 is 17.6 Å². The van der Waals surface area contributed by atoms with Crippen molar-refractivity contribution >= 4 is 35.4 Å². The summed E-state index contributed by atoms with van der Waals surface area (Å²) < 4.78 is 34.6. The number of ether oxygens (including phenoxy) is 1. The number of benzene rings is 1. The van der Waals surface area contributed by atoms with Crippen LogP contribution in [0.4, 0.5) is 14.5 Å². The molecule has 2 aromatic rings. The van der Waals surface area contributed by atoms with Gasteiger partial charge in [-0.05, 0) is 43.3 Å². The SMILES string of the molecule is CCOC(=O)c1ccc(NC(=O)/C(C#N)=C/c2ccc(CSC(F)F)o2)cc1. The lowest BCUT2D eigenvalue weighted by molar-refractivity contribution is -0.112. The van der Waals surface area contributed by atoms with Crippen molar-refractivity contribution in [3.05, 3.63) is 59.1 Å². The molecule has 0 radical (unpaired) electrons. The molecule has 1 amide bonds. The smallest absolute Gasteiger partial charge is 0.338 e. The van der Waals surface area contributed by atoms with Gasteiger partial charge in [-0.2, -0.15) is 14.0 Å². The van der Waals surface area contributed by atoms with E-state index in [-0.39, 0.29) is 23.7 Å². The van der Waals surface area contributed by atoms with Crippen LogP contribution in [0, 0.1) is 11.3 Å². The van der Waals surface area contributed by atoms with Crippen LogP contribution in [0.2, 0.25) is 0 Å². The van der Waals surface area contributed by atoms with Gasteiger partial charge in [0.15, 0.2) is 0 Å². The maximum Gasteiger partial charge on any atom is 0.338 e. The van der Waals surface area contributed by atoms with Gasteiger partial charge in [0.2, 0.25) is 0 Å². The van der Waals surface area contributed by atoms with Crippen molar-refractivity contribution in [3.63, 3.8) is 0 Å². The highest BCUT2D eigenvalue weighted by Gasteiger charge is 2.13. The summed E-state index contributed by atoms with van der Waals surface area (Å²) in [5.41, 5.74) is 0.491. The number of hydrogen-bond acceptors (Lipinski definition) is 6. The van der Waals surface area contributed by atoms with E-state index in [1.807, 2.05) is 0 Å². The molecular formula is C19H16F2N2O4S. The van der Waals surface area contributed by atoms with Crippen molar-refractivity contribution in [2.45, 2.75) is 18.4 Å². The maximum atomic E-state index is 12.3. The minimum absolute atomic E-state index is 0.0214. The molecule has 1 aromatic heterocycles. The summed E-state index contributed by atoms with van der Waals surface area (Å²) in [5.74, 6) is -3.17. The van der Waals surface area contributed by atoms with Crippen molar-refractivity contribution in [3.8, 4) is 6.07 Å². The molecule has 0 fully saturated rings. The number of alkyl halides is 2. The molecule has 0 saturated heterocycles. The second-order valence-corrected chi connectivity index (χ2v) is 6.28. The third-order valence-corrected chi connectivity index (χ3v) is 4.04. The molecule has 0 atom stereocenters. The van der Waals surface area contributed by atoms with E-state index in [1.165, 1.54) is 42.5 Å². The Morgan fingerprint density at radius 1 is 1.29 bits per heavy atom. The van der Waals surface area contributed by atoms with Crippen molar-refractivity contribution < 1.29 is 27.5 Å². The number of halogens is 2. The van der Waals surface area contributed by atoms with Gasteiger partial charge in [-0.25, -0.2) is 4.79 Å². The zero-order chi connectivity index (χ0) is 20.5. The number of thioether (sulfide) groups is 1. The number of amides is 1. The second-order valence-electron chi connectivity index (χ2n) is 5.30. The Hall–Kier alpha value is -3.12. The highest BCUT2D eigenvalue weighted by atomic mass is 32.2. The Balaban J connectivity index is 2.04. The third kappa shape index (κ3) is 6.25. The standard InChI is InChI=1S/C19H16F2N2O4S/c1-2-26-18(25)12-3-5-14(6-4-12)23-17(24)13(10-22)9-15-7-8-16(27-15)11-28-19(20)21/h3-9,19H,2,11H2,1H3,(H,23,24)/b13-9+. The van der Waals surface area contributed by atoms with Gasteiger partial charge in [0.05, 0.1) is 17.9 Å². The third-order valence-electron chi connectivity index (χ3n) is 3.34. The number of hydrogen-bond donors (Lipinski definition) is 1. The van der Waals surface area contributed by atoms with Crippen LogP contribution in [0.5, 0.6) is 0 Å². The van der Waals surface area contributed by atoms with Gasteiger partial charge in [0.1, 0.15) is 23.2 Å². The molecule has 0 aliphatic heterocycles. The van der Waals surface area contributed by atoms with Crippen molar-refractivity contribution in [2.24, 2.45) is 0 Å². The molecule has 0 aliphatic carbocycles. The van der Waals surface area contributed by atoms with E-state index in [0.717, 1.165) is 0 Å². The number of rotatable bonds is 8. The number of carbonyl (C=O) groups is 2. The number of nitrogens with one attached hydrogen (secondary N) is 1. The average molecular weight is 406 g/mol. The van der Waals surface area contributed by atoms with Crippen molar-refractivity contribution in [1.82, 2.24) is 0 Å². The first-order valence-electron chi connectivity index (χ1n) is 8.11. The molecule has 9 heteroatoms. The van der Waals surface area contributed by atoms with E-state index >= 15 is 0 Å². The van der Waals surface area contributed by atoms with Gasteiger partial charge >= 0.3 is 5.97 Å². The normalized spacial score (nSPS) is 11.2. The zero-order valence-electron chi connectivity index (χ0n) is 14.8. The molecule has 1 N–H and O–H groups in total. The quantitative estimate of drug-likeness (QED) is 0.395. The first kappa shape index (κ1) is 21.2. The van der Waals surface area contributed by atoms with Gasteiger partial charge in [-0.1, -0.05) is 11.8 Å². The van der Waals surface area contributed by atoms with Crippen molar-refractivity contribution in [1.29, 1.82) is 5.26 Å². The fourth-order valence-corrected chi connectivity index (χ4v) is 2.53. The Kier molecular flexibility index (Phi) is 7.77. The molecule has 0 spiro atoms. The largest absolute Gasteiger partial charge is 0.462 e. The van der Waals surface area contributed by atoms with Crippen LogP contribution < -0.4 is 5.32 Å². The number of furan rings is 1. The van der Waals surface area contributed by atoms with Crippen molar-refractivity contribution in [2.75, 3.05) is 11.9 Å². The Morgan fingerprint density at radius 3 is 2.61 bits per heavy atom. The molecular weight excluding hydrogens is 390 g/mol. The topological polar surface area (TPSA) is 92.3 Å². The minimum atomic E-state index is -2.51. The van der Waals surface area contributed by atoms with Crippen LogP contribution in [0.1, 0.15) is 28.8 Å². The van der Waals surface area contributed by atoms with E-state index in [2.05, 4.69) is 5.32 Å². The molecule has 0 saturated carbocycles. The lowest BCUT2D eigenvalue weighted by Crippen LogP contribution is -2.13. The van der Waals surface area contributed by atoms with Crippen LogP contribution in [-0.4, -0.2) is 24.2 Å². The first-order chi connectivity index (χ1) is 13.4. The summed E-state index contributed by atoms with van der Waals surface area (Å²) >= 11 is 0.412. The van der Waals surface area contributed by atoms with Gasteiger partial charge in [0.25, 0.3) is 11.7 Å². The highest BCUT2D eigenvalue weighted by molar-refractivity contribution is 7.98. The second kappa shape index (κ2) is 10.3. The van der Waals surface area contributed by atoms with Gasteiger partial charge in [0, 0.05) is 11.8 Å². The Bertz CT molecular complexity index is 901. The number of anilines is 1. The predicted octanol–water partition coefficient (Wildman–Crippen LogP) is 4.46. The summed E-state index contributed by atoms with van der Waals surface area (Å²) in [7, 11) is 0. The molecule has 2 rings (SSSR count).